The maximum atomic E-state index is 13.6. The number of thioether (sulfide) groups is 1. The molecule has 0 bridgehead atoms. The van der Waals surface area contributed by atoms with Crippen molar-refractivity contribution in [2.24, 2.45) is 0 Å². The van der Waals surface area contributed by atoms with Crippen molar-refractivity contribution in [3.05, 3.63) is 71.8 Å². The fourth-order valence-corrected chi connectivity index (χ4v) is 3.71. The number of fused-ring (bicyclic) bond motifs is 1. The Morgan fingerprint density at radius 1 is 1.07 bits per heavy atom. The zero-order valence-electron chi connectivity index (χ0n) is 14.7. The van der Waals surface area contributed by atoms with E-state index in [9.17, 15) is 18.4 Å². The summed E-state index contributed by atoms with van der Waals surface area (Å²) in [7, 11) is 0. The van der Waals surface area contributed by atoms with E-state index >= 15 is 0 Å². The molecule has 1 aromatic carbocycles. The summed E-state index contributed by atoms with van der Waals surface area (Å²) in [6.45, 7) is 0. The Bertz CT molecular complexity index is 1180. The summed E-state index contributed by atoms with van der Waals surface area (Å²) < 4.78 is 40.8. The van der Waals surface area contributed by atoms with E-state index in [1.165, 1.54) is 12.4 Å². The summed E-state index contributed by atoms with van der Waals surface area (Å²) in [6.07, 6.45) is -1.72. The van der Waals surface area contributed by atoms with Crippen molar-refractivity contribution in [2.45, 2.75) is 17.0 Å². The number of aromatic nitrogens is 4. The number of aromatic amines is 1. The van der Waals surface area contributed by atoms with Gasteiger partial charge in [0.15, 0.2) is 0 Å². The molecule has 0 aliphatic heterocycles. The highest BCUT2D eigenvalue weighted by Crippen LogP contribution is 2.38. The van der Waals surface area contributed by atoms with E-state index in [4.69, 9.17) is 0 Å². The molecular weight excluding hydrogens is 399 g/mol. The number of nitrogens with zero attached hydrogens (tertiary/aromatic N) is 4. The van der Waals surface area contributed by atoms with Gasteiger partial charge in [-0.2, -0.15) is 18.4 Å². The smallest absolute Gasteiger partial charge is 0.341 e. The van der Waals surface area contributed by atoms with E-state index < -0.39 is 17.3 Å². The molecule has 29 heavy (non-hydrogen) atoms. The summed E-state index contributed by atoms with van der Waals surface area (Å²) in [5, 5.41) is 9.41. The molecule has 0 fully saturated rings. The number of rotatable bonds is 4. The number of nitrogens with one attached hydrogen (secondary N) is 1. The van der Waals surface area contributed by atoms with Crippen LogP contribution in [0.5, 0.6) is 0 Å². The first-order valence-electron chi connectivity index (χ1n) is 8.45. The highest BCUT2D eigenvalue weighted by atomic mass is 32.2. The van der Waals surface area contributed by atoms with Crippen LogP contribution in [0.3, 0.4) is 0 Å². The van der Waals surface area contributed by atoms with Crippen molar-refractivity contribution in [3.63, 3.8) is 0 Å². The third-order valence-corrected chi connectivity index (χ3v) is 5.15. The van der Waals surface area contributed by atoms with Crippen LogP contribution in [0.4, 0.5) is 13.2 Å². The van der Waals surface area contributed by atoms with Crippen LogP contribution >= 0.6 is 11.8 Å². The Kier molecular flexibility index (Phi) is 4.94. The van der Waals surface area contributed by atoms with Gasteiger partial charge in [-0.1, -0.05) is 23.9 Å². The molecule has 0 amide bonds. The first-order chi connectivity index (χ1) is 14.0. The van der Waals surface area contributed by atoms with E-state index in [0.29, 0.717) is 11.4 Å². The van der Waals surface area contributed by atoms with Gasteiger partial charge in [0.2, 0.25) is 0 Å². The van der Waals surface area contributed by atoms with Gasteiger partial charge in [-0.25, -0.2) is 9.97 Å². The van der Waals surface area contributed by atoms with Gasteiger partial charge in [-0.05, 0) is 30.3 Å². The molecule has 0 unspecified atom stereocenters. The lowest BCUT2D eigenvalue weighted by Gasteiger charge is -2.14. The van der Waals surface area contributed by atoms with E-state index in [2.05, 4.69) is 19.9 Å². The quantitative estimate of drug-likeness (QED) is 0.467. The summed E-state index contributed by atoms with van der Waals surface area (Å²) >= 11 is 1.04. The normalized spacial score (nSPS) is 11.5. The van der Waals surface area contributed by atoms with Gasteiger partial charge in [0.25, 0.3) is 0 Å². The van der Waals surface area contributed by atoms with Crippen molar-refractivity contribution in [3.8, 4) is 17.3 Å². The molecule has 5 nitrogen and oxygen atoms in total. The zero-order chi connectivity index (χ0) is 20.4. The molecule has 3 aromatic heterocycles. The number of hydrogen-bond donors (Lipinski definition) is 1. The summed E-state index contributed by atoms with van der Waals surface area (Å²) in [4.78, 5) is 15.7. The standard InChI is InChI=1S/C20H12F3N5S/c21-20(22,23)14-9-17(12-5-7-25-8-6-12)28-19(13(14)10-24)29-11-18-26-15-3-1-2-4-16(15)27-18/h1-9H,11H2,(H,26,27). The van der Waals surface area contributed by atoms with Crippen molar-refractivity contribution < 1.29 is 13.2 Å². The fourth-order valence-electron chi connectivity index (χ4n) is 2.84. The molecule has 0 aliphatic carbocycles. The molecule has 144 valence electrons. The van der Waals surface area contributed by atoms with E-state index in [0.717, 1.165) is 28.9 Å². The molecule has 4 aromatic rings. The molecule has 4 rings (SSSR count). The van der Waals surface area contributed by atoms with Crippen LogP contribution in [-0.4, -0.2) is 19.9 Å². The number of pyridine rings is 2. The van der Waals surface area contributed by atoms with Crippen LogP contribution in [0.1, 0.15) is 17.0 Å². The lowest BCUT2D eigenvalue weighted by atomic mass is 10.1. The molecular formula is C20H12F3N5S. The Balaban J connectivity index is 1.75. The van der Waals surface area contributed by atoms with Crippen LogP contribution in [0, 0.1) is 11.3 Å². The van der Waals surface area contributed by atoms with E-state index in [-0.39, 0.29) is 16.5 Å². The highest BCUT2D eigenvalue weighted by molar-refractivity contribution is 7.98. The van der Waals surface area contributed by atoms with Gasteiger partial charge >= 0.3 is 6.18 Å². The minimum Gasteiger partial charge on any atom is -0.341 e. The minimum absolute atomic E-state index is 0.00888. The van der Waals surface area contributed by atoms with Gasteiger partial charge < -0.3 is 4.98 Å². The number of para-hydroxylation sites is 2. The van der Waals surface area contributed by atoms with Crippen LogP contribution in [-0.2, 0) is 11.9 Å². The Labute approximate surface area is 167 Å². The topological polar surface area (TPSA) is 78.2 Å². The van der Waals surface area contributed by atoms with Crippen molar-refractivity contribution >= 4 is 22.8 Å². The molecule has 1 N–H and O–H groups in total. The lowest BCUT2D eigenvalue weighted by Crippen LogP contribution is -2.10. The molecule has 9 heteroatoms. The number of halogens is 3. The molecule has 0 aliphatic rings. The van der Waals surface area contributed by atoms with Gasteiger partial charge in [0.1, 0.15) is 16.9 Å². The summed E-state index contributed by atoms with van der Waals surface area (Å²) in [5.74, 6) is 0.831. The molecule has 0 atom stereocenters. The average molecular weight is 411 g/mol. The third-order valence-electron chi connectivity index (χ3n) is 4.16. The molecule has 3 heterocycles. The number of nitriles is 1. The Morgan fingerprint density at radius 3 is 2.52 bits per heavy atom. The average Bonchev–Trinajstić information content (AvgIpc) is 3.14. The number of imidazole rings is 1. The van der Waals surface area contributed by atoms with E-state index in [1.807, 2.05) is 24.3 Å². The predicted molar refractivity (Wildman–Crippen MR) is 103 cm³/mol. The second-order valence-electron chi connectivity index (χ2n) is 6.07. The molecule has 0 radical (unpaired) electrons. The molecule has 0 saturated heterocycles. The lowest BCUT2D eigenvalue weighted by molar-refractivity contribution is -0.138. The number of H-pyrrole nitrogens is 1. The van der Waals surface area contributed by atoms with Crippen LogP contribution in [0.2, 0.25) is 0 Å². The van der Waals surface area contributed by atoms with Crippen LogP contribution in [0.15, 0.2) is 59.9 Å². The van der Waals surface area contributed by atoms with Crippen LogP contribution in [0.25, 0.3) is 22.3 Å². The highest BCUT2D eigenvalue weighted by Gasteiger charge is 2.36. The van der Waals surface area contributed by atoms with Crippen molar-refractivity contribution in [1.29, 1.82) is 5.26 Å². The summed E-state index contributed by atoms with van der Waals surface area (Å²) in [5.41, 5.74) is 0.716. The SMILES string of the molecule is N#Cc1c(C(F)(F)F)cc(-c2ccncc2)nc1SCc1nc2ccccc2[nH]1. The predicted octanol–water partition coefficient (Wildman–Crippen LogP) is 5.20. The first-order valence-corrected chi connectivity index (χ1v) is 9.43. The minimum atomic E-state index is -4.68. The molecule has 0 spiro atoms. The Hall–Kier alpha value is -3.38. The zero-order valence-corrected chi connectivity index (χ0v) is 15.6. The summed E-state index contributed by atoms with van der Waals surface area (Å²) in [6, 6.07) is 13.1. The number of hydrogen-bond acceptors (Lipinski definition) is 5. The van der Waals surface area contributed by atoms with E-state index in [1.54, 1.807) is 18.2 Å². The first kappa shape index (κ1) is 19.0. The number of benzene rings is 1. The third kappa shape index (κ3) is 3.93. The van der Waals surface area contributed by atoms with Crippen molar-refractivity contribution in [1.82, 2.24) is 19.9 Å². The number of alkyl halides is 3. The van der Waals surface area contributed by atoms with Gasteiger partial charge in [-0.3, -0.25) is 4.98 Å². The maximum Gasteiger partial charge on any atom is 0.417 e. The fraction of sp³-hybridized carbons (Fsp3) is 0.100. The largest absolute Gasteiger partial charge is 0.417 e. The van der Waals surface area contributed by atoms with Gasteiger partial charge in [0, 0.05) is 18.0 Å². The van der Waals surface area contributed by atoms with Gasteiger partial charge in [-0.15, -0.1) is 0 Å². The van der Waals surface area contributed by atoms with Gasteiger partial charge in [0.05, 0.1) is 33.6 Å². The van der Waals surface area contributed by atoms with Crippen LogP contribution < -0.4 is 0 Å². The second kappa shape index (κ2) is 7.56. The second-order valence-corrected chi connectivity index (χ2v) is 7.03. The monoisotopic (exact) mass is 411 g/mol. The van der Waals surface area contributed by atoms with Crippen molar-refractivity contribution in [2.75, 3.05) is 0 Å². The Morgan fingerprint density at radius 2 is 1.83 bits per heavy atom. The maximum absolute atomic E-state index is 13.6. The molecule has 0 saturated carbocycles.